The second kappa shape index (κ2) is 8.87. The molecule has 0 amide bonds. The zero-order valence-electron chi connectivity index (χ0n) is 17.6. The molecule has 0 aromatic heterocycles. The van der Waals surface area contributed by atoms with Crippen molar-refractivity contribution in [3.05, 3.63) is 53.9 Å². The van der Waals surface area contributed by atoms with Crippen molar-refractivity contribution < 1.29 is 17.9 Å². The lowest BCUT2D eigenvalue weighted by Crippen LogP contribution is -2.20. The summed E-state index contributed by atoms with van der Waals surface area (Å²) in [7, 11) is 0. The third-order valence-corrected chi connectivity index (χ3v) is 6.68. The van der Waals surface area contributed by atoms with Crippen LogP contribution in [0.15, 0.2) is 30.9 Å². The molecule has 0 heterocycles. The van der Waals surface area contributed by atoms with Crippen LogP contribution in [0, 0.1) is 29.3 Å². The Morgan fingerprint density at radius 2 is 1.70 bits per heavy atom. The van der Waals surface area contributed by atoms with Crippen molar-refractivity contribution in [3.8, 4) is 28.0 Å². The lowest BCUT2D eigenvalue weighted by Gasteiger charge is -2.29. The van der Waals surface area contributed by atoms with E-state index in [0.717, 1.165) is 44.9 Å². The van der Waals surface area contributed by atoms with Crippen LogP contribution in [-0.2, 0) is 6.42 Å². The summed E-state index contributed by atoms with van der Waals surface area (Å²) in [6.07, 6.45) is 9.69. The molecule has 2 aliphatic rings. The number of unbranched alkanes of at least 4 members (excludes halogenated alkanes) is 2. The smallest absolute Gasteiger partial charge is 0.201 e. The van der Waals surface area contributed by atoms with Crippen LogP contribution < -0.4 is 4.74 Å². The molecule has 0 spiro atoms. The van der Waals surface area contributed by atoms with E-state index in [-0.39, 0.29) is 16.9 Å². The van der Waals surface area contributed by atoms with Gasteiger partial charge in [0.1, 0.15) is 5.82 Å². The normalized spacial score (nSPS) is 19.6. The molecule has 1 fully saturated rings. The molecule has 4 rings (SSSR count). The summed E-state index contributed by atoms with van der Waals surface area (Å²) in [5.41, 5.74) is 2.01. The molecule has 1 nitrogen and oxygen atoms in total. The fourth-order valence-electron chi connectivity index (χ4n) is 4.75. The SMILES string of the molecule is C=CC1CCC(COc2cc3c(c(F)c2F)-c2c-3ccc(CCCCC)c2F)CC1. The number of hydrogen-bond acceptors (Lipinski definition) is 1. The average Bonchev–Trinajstić information content (AvgIpc) is 2.75. The molecule has 0 saturated heterocycles. The van der Waals surface area contributed by atoms with Crippen molar-refractivity contribution in [1.29, 1.82) is 0 Å². The second-order valence-corrected chi connectivity index (χ2v) is 8.67. The summed E-state index contributed by atoms with van der Waals surface area (Å²) in [5.74, 6) is -1.63. The highest BCUT2D eigenvalue weighted by Gasteiger charge is 2.34. The van der Waals surface area contributed by atoms with E-state index in [0.29, 0.717) is 41.6 Å². The average molecular weight is 415 g/mol. The molecule has 0 aliphatic heterocycles. The zero-order chi connectivity index (χ0) is 21.3. The van der Waals surface area contributed by atoms with Crippen LogP contribution in [0.5, 0.6) is 5.75 Å². The van der Waals surface area contributed by atoms with Crippen LogP contribution >= 0.6 is 0 Å². The Bertz CT molecular complexity index is 942. The highest BCUT2D eigenvalue weighted by molar-refractivity contribution is 6.03. The van der Waals surface area contributed by atoms with Gasteiger partial charge in [0.15, 0.2) is 11.6 Å². The Morgan fingerprint density at radius 3 is 2.40 bits per heavy atom. The quantitative estimate of drug-likeness (QED) is 0.269. The highest BCUT2D eigenvalue weighted by atomic mass is 19.2. The van der Waals surface area contributed by atoms with Gasteiger partial charge in [-0.2, -0.15) is 4.39 Å². The van der Waals surface area contributed by atoms with Crippen molar-refractivity contribution in [2.45, 2.75) is 58.3 Å². The maximum Gasteiger partial charge on any atom is 0.201 e. The topological polar surface area (TPSA) is 9.23 Å². The third-order valence-electron chi connectivity index (χ3n) is 6.68. The summed E-state index contributed by atoms with van der Waals surface area (Å²) in [6.45, 7) is 6.31. The molecule has 0 radical (unpaired) electrons. The van der Waals surface area contributed by atoms with Gasteiger partial charge in [0, 0.05) is 11.1 Å². The molecular formula is C26H29F3O. The summed E-state index contributed by atoms with van der Waals surface area (Å²) >= 11 is 0. The van der Waals surface area contributed by atoms with Crippen LogP contribution in [0.3, 0.4) is 0 Å². The first kappa shape index (κ1) is 21.0. The number of ether oxygens (including phenoxy) is 1. The van der Waals surface area contributed by atoms with Crippen LogP contribution in [0.4, 0.5) is 13.2 Å². The van der Waals surface area contributed by atoms with Gasteiger partial charge in [-0.15, -0.1) is 6.58 Å². The minimum atomic E-state index is -1.02. The molecule has 4 heteroatoms. The summed E-state index contributed by atoms with van der Waals surface area (Å²) in [5, 5.41) is 0. The number of rotatable bonds is 8. The molecule has 2 aromatic rings. The Kier molecular flexibility index (Phi) is 6.21. The van der Waals surface area contributed by atoms with Crippen LogP contribution in [0.25, 0.3) is 22.3 Å². The number of hydrogen-bond donors (Lipinski definition) is 0. The Labute approximate surface area is 177 Å². The monoisotopic (exact) mass is 414 g/mol. The van der Waals surface area contributed by atoms with Crippen LogP contribution in [0.1, 0.15) is 57.4 Å². The van der Waals surface area contributed by atoms with E-state index in [9.17, 15) is 13.2 Å². The number of aryl methyl sites for hydroxylation is 1. The second-order valence-electron chi connectivity index (χ2n) is 8.67. The van der Waals surface area contributed by atoms with Gasteiger partial charge in [0.25, 0.3) is 0 Å². The first-order chi connectivity index (χ1) is 14.5. The Morgan fingerprint density at radius 1 is 0.967 bits per heavy atom. The van der Waals surface area contributed by atoms with Crippen molar-refractivity contribution in [2.24, 2.45) is 11.8 Å². The van der Waals surface area contributed by atoms with Gasteiger partial charge in [-0.05, 0) is 73.1 Å². The molecule has 1 saturated carbocycles. The van der Waals surface area contributed by atoms with E-state index in [1.54, 1.807) is 6.07 Å². The molecule has 0 atom stereocenters. The van der Waals surface area contributed by atoms with Crippen LogP contribution in [0.2, 0.25) is 0 Å². The molecule has 2 aliphatic carbocycles. The summed E-state index contributed by atoms with van der Waals surface area (Å²) in [6, 6.07) is 5.12. The number of benzene rings is 2. The highest BCUT2D eigenvalue weighted by Crippen LogP contribution is 2.52. The first-order valence-electron chi connectivity index (χ1n) is 11.1. The molecule has 0 N–H and O–H groups in total. The fraction of sp³-hybridized carbons (Fsp3) is 0.462. The molecule has 160 valence electrons. The fourth-order valence-corrected chi connectivity index (χ4v) is 4.75. The van der Waals surface area contributed by atoms with E-state index >= 15 is 0 Å². The predicted octanol–water partition coefficient (Wildman–Crippen LogP) is 7.86. The number of fused-ring (bicyclic) bond motifs is 4. The van der Waals surface area contributed by atoms with Crippen molar-refractivity contribution in [1.82, 2.24) is 0 Å². The molecule has 30 heavy (non-hydrogen) atoms. The van der Waals surface area contributed by atoms with Crippen molar-refractivity contribution in [2.75, 3.05) is 6.61 Å². The van der Waals surface area contributed by atoms with Gasteiger partial charge in [-0.1, -0.05) is 38.0 Å². The summed E-state index contributed by atoms with van der Waals surface area (Å²) < 4.78 is 50.2. The van der Waals surface area contributed by atoms with Gasteiger partial charge in [0.05, 0.1) is 6.61 Å². The third kappa shape index (κ3) is 3.77. The standard InChI is InChI=1S/C26H29F3O/c1-3-5-6-7-18-12-13-19-20-14-21(25(28)26(29)23(20)22(19)24(18)27)30-15-17-10-8-16(4-2)9-11-17/h4,12-14,16-17H,2-3,5-11,15H2,1H3. The zero-order valence-corrected chi connectivity index (χ0v) is 17.6. The Balaban J connectivity index is 1.51. The number of allylic oxidation sites excluding steroid dienone is 1. The van der Waals surface area contributed by atoms with Crippen molar-refractivity contribution in [3.63, 3.8) is 0 Å². The van der Waals surface area contributed by atoms with E-state index in [1.165, 1.54) is 6.07 Å². The maximum atomic E-state index is 15.0. The van der Waals surface area contributed by atoms with Gasteiger partial charge in [-0.3, -0.25) is 0 Å². The first-order valence-corrected chi connectivity index (χ1v) is 11.1. The van der Waals surface area contributed by atoms with E-state index in [1.807, 2.05) is 12.1 Å². The lowest BCUT2D eigenvalue weighted by molar-refractivity contribution is 0.188. The predicted molar refractivity (Wildman–Crippen MR) is 115 cm³/mol. The summed E-state index contributed by atoms with van der Waals surface area (Å²) in [4.78, 5) is 0. The Hall–Kier alpha value is -2.23. The van der Waals surface area contributed by atoms with Crippen molar-refractivity contribution >= 4 is 0 Å². The molecule has 2 aromatic carbocycles. The van der Waals surface area contributed by atoms with Gasteiger partial charge in [0.2, 0.25) is 5.82 Å². The number of halogens is 3. The minimum absolute atomic E-state index is 0.0520. The van der Waals surface area contributed by atoms with E-state index in [2.05, 4.69) is 13.5 Å². The van der Waals surface area contributed by atoms with E-state index in [4.69, 9.17) is 4.74 Å². The van der Waals surface area contributed by atoms with Gasteiger partial charge >= 0.3 is 0 Å². The van der Waals surface area contributed by atoms with E-state index < -0.39 is 17.5 Å². The van der Waals surface area contributed by atoms with Gasteiger partial charge in [-0.25, -0.2) is 8.78 Å². The minimum Gasteiger partial charge on any atom is -0.490 e. The lowest BCUT2D eigenvalue weighted by atomic mass is 9.78. The maximum absolute atomic E-state index is 15.0. The van der Waals surface area contributed by atoms with Crippen LogP contribution in [-0.4, -0.2) is 6.61 Å². The molecule has 0 unspecified atom stereocenters. The van der Waals surface area contributed by atoms with Gasteiger partial charge < -0.3 is 4.74 Å². The molecular weight excluding hydrogens is 385 g/mol. The molecule has 0 bridgehead atoms. The largest absolute Gasteiger partial charge is 0.490 e.